The van der Waals surface area contributed by atoms with Crippen molar-refractivity contribution in [3.05, 3.63) is 11.9 Å². The number of hydrogen-bond acceptors (Lipinski definition) is 4. The van der Waals surface area contributed by atoms with Crippen LogP contribution in [-0.4, -0.2) is 16.0 Å². The highest BCUT2D eigenvalue weighted by Crippen LogP contribution is 2.26. The molecule has 3 N–H and O–H groups in total. The summed E-state index contributed by atoms with van der Waals surface area (Å²) < 4.78 is 0. The number of nitrogens with one attached hydrogen (secondary N) is 1. The zero-order valence-corrected chi connectivity index (χ0v) is 11.3. The molecular formula is C13H24N4. The molecule has 0 aliphatic heterocycles. The highest BCUT2D eigenvalue weighted by Gasteiger charge is 2.14. The summed E-state index contributed by atoms with van der Waals surface area (Å²) in [6.45, 7) is 8.60. The van der Waals surface area contributed by atoms with Gasteiger partial charge in [0.2, 0.25) is 0 Å². The molecule has 96 valence electrons. The topological polar surface area (TPSA) is 63.8 Å². The van der Waals surface area contributed by atoms with Crippen molar-refractivity contribution in [2.75, 3.05) is 11.1 Å². The van der Waals surface area contributed by atoms with Crippen molar-refractivity contribution in [3.8, 4) is 0 Å². The van der Waals surface area contributed by atoms with Gasteiger partial charge in [-0.15, -0.1) is 0 Å². The zero-order valence-electron chi connectivity index (χ0n) is 11.3. The number of nitrogen functional groups attached to an aromatic ring is 1. The maximum atomic E-state index is 5.91. The molecule has 1 atom stereocenters. The van der Waals surface area contributed by atoms with Crippen LogP contribution in [0.15, 0.2) is 6.33 Å². The number of aromatic nitrogens is 2. The molecule has 4 nitrogen and oxygen atoms in total. The van der Waals surface area contributed by atoms with Gasteiger partial charge in [-0.1, -0.05) is 33.6 Å². The van der Waals surface area contributed by atoms with Crippen molar-refractivity contribution in [1.82, 2.24) is 9.97 Å². The molecule has 1 unspecified atom stereocenters. The predicted molar refractivity (Wildman–Crippen MR) is 73.1 cm³/mol. The van der Waals surface area contributed by atoms with Crippen LogP contribution in [-0.2, 0) is 0 Å². The highest BCUT2D eigenvalue weighted by molar-refractivity contribution is 5.56. The number of nitrogens with two attached hydrogens (primary N) is 1. The van der Waals surface area contributed by atoms with Crippen molar-refractivity contribution in [2.45, 2.75) is 58.9 Å². The third kappa shape index (κ3) is 3.88. The number of nitrogens with zero attached hydrogens (tertiary/aromatic N) is 2. The fourth-order valence-corrected chi connectivity index (χ4v) is 1.91. The molecule has 0 radical (unpaired) electrons. The lowest BCUT2D eigenvalue weighted by Gasteiger charge is -2.19. The average Bonchev–Trinajstić information content (AvgIpc) is 2.25. The van der Waals surface area contributed by atoms with E-state index < -0.39 is 0 Å². The van der Waals surface area contributed by atoms with Crippen molar-refractivity contribution in [1.29, 1.82) is 0 Å². The summed E-state index contributed by atoms with van der Waals surface area (Å²) >= 11 is 0. The molecule has 1 rings (SSSR count). The summed E-state index contributed by atoms with van der Waals surface area (Å²) in [7, 11) is 0. The van der Waals surface area contributed by atoms with E-state index >= 15 is 0 Å². The van der Waals surface area contributed by atoms with Crippen LogP contribution < -0.4 is 11.1 Å². The first-order valence-corrected chi connectivity index (χ1v) is 6.43. The van der Waals surface area contributed by atoms with E-state index in [0.29, 0.717) is 17.8 Å². The SMILES string of the molecule is CCCCC(C)Nc1ncnc(N)c1C(C)C. The molecule has 0 aromatic carbocycles. The Kier molecular flexibility index (Phi) is 5.19. The molecule has 0 aliphatic carbocycles. The maximum Gasteiger partial charge on any atom is 0.135 e. The van der Waals surface area contributed by atoms with Gasteiger partial charge in [-0.3, -0.25) is 0 Å². The fraction of sp³-hybridized carbons (Fsp3) is 0.692. The normalized spacial score (nSPS) is 12.8. The van der Waals surface area contributed by atoms with Crippen LogP contribution in [0.1, 0.15) is 58.4 Å². The largest absolute Gasteiger partial charge is 0.383 e. The van der Waals surface area contributed by atoms with Crippen molar-refractivity contribution < 1.29 is 0 Å². The van der Waals surface area contributed by atoms with Gasteiger partial charge in [0.05, 0.1) is 0 Å². The monoisotopic (exact) mass is 236 g/mol. The molecule has 0 aliphatic rings. The van der Waals surface area contributed by atoms with E-state index in [1.54, 1.807) is 0 Å². The smallest absolute Gasteiger partial charge is 0.135 e. The summed E-state index contributed by atoms with van der Waals surface area (Å²) in [5, 5.41) is 3.44. The lowest BCUT2D eigenvalue weighted by Crippen LogP contribution is -2.18. The molecule has 1 heterocycles. The number of unbranched alkanes of at least 4 members (excludes halogenated alkanes) is 1. The minimum Gasteiger partial charge on any atom is -0.383 e. The molecular weight excluding hydrogens is 212 g/mol. The average molecular weight is 236 g/mol. The molecule has 1 aromatic heterocycles. The Hall–Kier alpha value is -1.32. The second-order valence-corrected chi connectivity index (χ2v) is 4.86. The Morgan fingerprint density at radius 1 is 1.29 bits per heavy atom. The second kappa shape index (κ2) is 6.42. The molecule has 17 heavy (non-hydrogen) atoms. The van der Waals surface area contributed by atoms with Crippen LogP contribution >= 0.6 is 0 Å². The van der Waals surface area contributed by atoms with Crippen LogP contribution in [0, 0.1) is 0 Å². The van der Waals surface area contributed by atoms with E-state index in [9.17, 15) is 0 Å². The summed E-state index contributed by atoms with van der Waals surface area (Å²) in [5.74, 6) is 1.80. The van der Waals surface area contributed by atoms with E-state index in [1.807, 2.05) is 0 Å². The molecule has 0 amide bonds. The maximum absolute atomic E-state index is 5.91. The van der Waals surface area contributed by atoms with Gasteiger partial charge in [-0.2, -0.15) is 0 Å². The highest BCUT2D eigenvalue weighted by atomic mass is 15.1. The Morgan fingerprint density at radius 3 is 2.59 bits per heavy atom. The van der Waals surface area contributed by atoms with Crippen LogP contribution in [0.4, 0.5) is 11.6 Å². The number of rotatable bonds is 6. The fourth-order valence-electron chi connectivity index (χ4n) is 1.91. The van der Waals surface area contributed by atoms with Gasteiger partial charge in [-0.25, -0.2) is 9.97 Å². The quantitative estimate of drug-likeness (QED) is 0.796. The van der Waals surface area contributed by atoms with Gasteiger partial charge in [0.15, 0.2) is 0 Å². The van der Waals surface area contributed by atoms with E-state index in [2.05, 4.69) is 43.0 Å². The van der Waals surface area contributed by atoms with Crippen LogP contribution in [0.2, 0.25) is 0 Å². The van der Waals surface area contributed by atoms with Crippen molar-refractivity contribution in [3.63, 3.8) is 0 Å². The molecule has 0 spiro atoms. The molecule has 4 heteroatoms. The van der Waals surface area contributed by atoms with Gasteiger partial charge < -0.3 is 11.1 Å². The third-order valence-electron chi connectivity index (χ3n) is 2.87. The minimum absolute atomic E-state index is 0.331. The minimum atomic E-state index is 0.331. The zero-order chi connectivity index (χ0) is 12.8. The van der Waals surface area contributed by atoms with Crippen LogP contribution in [0.5, 0.6) is 0 Å². The van der Waals surface area contributed by atoms with Gasteiger partial charge in [0.25, 0.3) is 0 Å². The molecule has 0 bridgehead atoms. The van der Waals surface area contributed by atoms with Gasteiger partial charge >= 0.3 is 0 Å². The van der Waals surface area contributed by atoms with E-state index in [-0.39, 0.29) is 0 Å². The Balaban J connectivity index is 2.79. The standard InChI is InChI=1S/C13H24N4/c1-5-6-7-10(4)17-13-11(9(2)3)12(14)15-8-16-13/h8-10H,5-7H2,1-4H3,(H3,14,15,16,17). The van der Waals surface area contributed by atoms with Crippen LogP contribution in [0.25, 0.3) is 0 Å². The summed E-state index contributed by atoms with van der Waals surface area (Å²) in [6, 6.07) is 0.418. The Morgan fingerprint density at radius 2 is 2.00 bits per heavy atom. The van der Waals surface area contributed by atoms with Gasteiger partial charge in [0, 0.05) is 11.6 Å². The molecule has 0 saturated heterocycles. The van der Waals surface area contributed by atoms with E-state index in [4.69, 9.17) is 5.73 Å². The van der Waals surface area contributed by atoms with Crippen molar-refractivity contribution >= 4 is 11.6 Å². The summed E-state index contributed by atoms with van der Waals surface area (Å²) in [4.78, 5) is 8.36. The predicted octanol–water partition coefficient (Wildman–Crippen LogP) is 3.17. The second-order valence-electron chi connectivity index (χ2n) is 4.86. The lowest BCUT2D eigenvalue weighted by atomic mass is 10.0. The number of hydrogen-bond donors (Lipinski definition) is 2. The Bertz CT molecular complexity index is 349. The van der Waals surface area contributed by atoms with E-state index in [1.165, 1.54) is 19.2 Å². The van der Waals surface area contributed by atoms with Crippen LogP contribution in [0.3, 0.4) is 0 Å². The van der Waals surface area contributed by atoms with Gasteiger partial charge in [-0.05, 0) is 19.3 Å². The van der Waals surface area contributed by atoms with Gasteiger partial charge in [0.1, 0.15) is 18.0 Å². The number of anilines is 2. The first-order chi connectivity index (χ1) is 8.06. The van der Waals surface area contributed by atoms with Crippen molar-refractivity contribution in [2.24, 2.45) is 0 Å². The molecule has 0 fully saturated rings. The first-order valence-electron chi connectivity index (χ1n) is 6.43. The Labute approximate surface area is 104 Å². The summed E-state index contributed by atoms with van der Waals surface area (Å²) in [5.41, 5.74) is 6.93. The summed E-state index contributed by atoms with van der Waals surface area (Å²) in [6.07, 6.45) is 5.12. The lowest BCUT2D eigenvalue weighted by molar-refractivity contribution is 0.641. The van der Waals surface area contributed by atoms with E-state index in [0.717, 1.165) is 17.8 Å². The third-order valence-corrected chi connectivity index (χ3v) is 2.87. The first kappa shape index (κ1) is 13.7. The molecule has 0 saturated carbocycles. The molecule has 1 aromatic rings.